The minimum absolute atomic E-state index is 0.411. The predicted molar refractivity (Wildman–Crippen MR) is 143 cm³/mol. The maximum atomic E-state index is 5.66. The second kappa shape index (κ2) is 9.64. The van der Waals surface area contributed by atoms with Crippen LogP contribution in [-0.4, -0.2) is 44.0 Å². The Hall–Kier alpha value is -3.87. The van der Waals surface area contributed by atoms with Crippen LogP contribution < -0.4 is 9.64 Å². The molecule has 4 heterocycles. The van der Waals surface area contributed by atoms with Gasteiger partial charge < -0.3 is 14.2 Å². The topological polar surface area (TPSA) is 61.0 Å². The molecule has 4 aromatic rings. The van der Waals surface area contributed by atoms with Crippen LogP contribution in [0.15, 0.2) is 61.1 Å². The second-order valence-corrected chi connectivity index (χ2v) is 9.73. The summed E-state index contributed by atoms with van der Waals surface area (Å²) in [6.45, 7) is 4.04. The molecule has 2 aromatic carbocycles. The van der Waals surface area contributed by atoms with E-state index in [2.05, 4.69) is 63.1 Å². The Morgan fingerprint density at radius 3 is 2.67 bits per heavy atom. The lowest BCUT2D eigenvalue weighted by Crippen LogP contribution is -2.37. The van der Waals surface area contributed by atoms with Crippen LogP contribution in [0.5, 0.6) is 5.75 Å². The van der Waals surface area contributed by atoms with Gasteiger partial charge in [-0.15, -0.1) is 0 Å². The molecule has 1 saturated heterocycles. The van der Waals surface area contributed by atoms with Gasteiger partial charge in [-0.1, -0.05) is 30.3 Å². The molecule has 0 aliphatic carbocycles. The van der Waals surface area contributed by atoms with E-state index < -0.39 is 0 Å². The molecule has 2 atom stereocenters. The summed E-state index contributed by atoms with van der Waals surface area (Å²) < 4.78 is 9.78. The maximum absolute atomic E-state index is 5.66. The Labute approximate surface area is 212 Å². The van der Waals surface area contributed by atoms with Gasteiger partial charge in [-0.25, -0.2) is 14.6 Å². The standard InChI is InChI=1S/C29H32N6O/c1-21-19-33(20-30-21)26-14-12-22(18-27(26)36-2)13-15-28-31-29-24(10-6-17-35(29)32-28)25-11-7-16-34(25)23-8-4-3-5-9-23/h3-5,8-9,12-15,18-20,24-25H,6-7,10-11,16-17H2,1-2H3/b15-13+. The number of aryl methyl sites for hydroxylation is 2. The number of nitrogens with zero attached hydrogens (tertiary/aromatic N) is 6. The van der Waals surface area contributed by atoms with Crippen molar-refractivity contribution in [2.45, 2.75) is 51.1 Å². The number of aromatic nitrogens is 5. The van der Waals surface area contributed by atoms with Gasteiger partial charge in [-0.05, 0) is 68.5 Å². The average molecular weight is 481 g/mol. The van der Waals surface area contributed by atoms with E-state index in [0.29, 0.717) is 12.0 Å². The number of imidazole rings is 1. The normalized spacial score (nSPS) is 19.7. The van der Waals surface area contributed by atoms with Crippen molar-refractivity contribution in [3.05, 3.63) is 84.0 Å². The quantitative estimate of drug-likeness (QED) is 0.365. The molecule has 6 rings (SSSR count). The summed E-state index contributed by atoms with van der Waals surface area (Å²) in [5.74, 6) is 3.12. The first-order chi connectivity index (χ1) is 17.7. The van der Waals surface area contributed by atoms with E-state index in [-0.39, 0.29) is 0 Å². The van der Waals surface area contributed by atoms with E-state index in [4.69, 9.17) is 14.8 Å². The third kappa shape index (κ3) is 4.30. The molecule has 2 aromatic heterocycles. The highest BCUT2D eigenvalue weighted by atomic mass is 16.5. The molecule has 2 aliphatic heterocycles. The molecule has 0 saturated carbocycles. The Kier molecular flexibility index (Phi) is 6.05. The van der Waals surface area contributed by atoms with Crippen LogP contribution in [0.3, 0.4) is 0 Å². The number of fused-ring (bicyclic) bond motifs is 1. The lowest BCUT2D eigenvalue weighted by molar-refractivity contribution is 0.371. The highest BCUT2D eigenvalue weighted by Gasteiger charge is 2.37. The zero-order valence-electron chi connectivity index (χ0n) is 20.9. The largest absolute Gasteiger partial charge is 0.495 e. The molecular formula is C29H32N6O. The Morgan fingerprint density at radius 1 is 1.00 bits per heavy atom. The predicted octanol–water partition coefficient (Wildman–Crippen LogP) is 5.50. The average Bonchev–Trinajstić information content (AvgIpc) is 3.67. The SMILES string of the molecule is COc1cc(/C=C/c2nc3n(n2)CCCC3C2CCCN2c2ccccc2)ccc1-n1cnc(C)c1. The van der Waals surface area contributed by atoms with Gasteiger partial charge in [-0.2, -0.15) is 5.10 Å². The summed E-state index contributed by atoms with van der Waals surface area (Å²) in [6.07, 6.45) is 12.6. The van der Waals surface area contributed by atoms with Crippen LogP contribution in [-0.2, 0) is 6.54 Å². The zero-order chi connectivity index (χ0) is 24.5. The molecule has 0 radical (unpaired) electrons. The van der Waals surface area contributed by atoms with Crippen LogP contribution in [0.2, 0.25) is 0 Å². The number of benzene rings is 2. The number of hydrogen-bond acceptors (Lipinski definition) is 5. The van der Waals surface area contributed by atoms with Crippen LogP contribution in [0, 0.1) is 6.92 Å². The van der Waals surface area contributed by atoms with Crippen molar-refractivity contribution in [3.63, 3.8) is 0 Å². The van der Waals surface area contributed by atoms with Gasteiger partial charge in [-0.3, -0.25) is 0 Å². The minimum Gasteiger partial charge on any atom is -0.495 e. The van der Waals surface area contributed by atoms with Crippen LogP contribution in [0.4, 0.5) is 5.69 Å². The van der Waals surface area contributed by atoms with Crippen molar-refractivity contribution in [2.75, 3.05) is 18.6 Å². The fraction of sp³-hybridized carbons (Fsp3) is 0.345. The van der Waals surface area contributed by atoms with E-state index in [0.717, 1.165) is 53.9 Å². The molecule has 2 aliphatic rings. The molecule has 184 valence electrons. The maximum Gasteiger partial charge on any atom is 0.174 e. The van der Waals surface area contributed by atoms with Gasteiger partial charge in [0.15, 0.2) is 5.82 Å². The van der Waals surface area contributed by atoms with Gasteiger partial charge in [0, 0.05) is 36.9 Å². The van der Waals surface area contributed by atoms with Gasteiger partial charge in [0.1, 0.15) is 11.6 Å². The number of anilines is 1. The third-order valence-electron chi connectivity index (χ3n) is 7.40. The fourth-order valence-corrected chi connectivity index (χ4v) is 5.72. The number of para-hydroxylation sites is 1. The molecular weight excluding hydrogens is 448 g/mol. The molecule has 36 heavy (non-hydrogen) atoms. The Bertz CT molecular complexity index is 1370. The van der Waals surface area contributed by atoms with Crippen molar-refractivity contribution in [2.24, 2.45) is 0 Å². The van der Waals surface area contributed by atoms with Crippen molar-refractivity contribution in [3.8, 4) is 11.4 Å². The number of hydrogen-bond donors (Lipinski definition) is 0. The lowest BCUT2D eigenvalue weighted by atomic mass is 9.89. The molecule has 7 nitrogen and oxygen atoms in total. The molecule has 0 amide bonds. The molecule has 2 unspecified atom stereocenters. The van der Waals surface area contributed by atoms with Crippen LogP contribution in [0.1, 0.15) is 54.5 Å². The summed E-state index contributed by atoms with van der Waals surface area (Å²) in [5, 5.41) is 4.85. The van der Waals surface area contributed by atoms with Crippen molar-refractivity contribution in [1.29, 1.82) is 0 Å². The summed E-state index contributed by atoms with van der Waals surface area (Å²) >= 11 is 0. The van der Waals surface area contributed by atoms with E-state index in [1.54, 1.807) is 7.11 Å². The first-order valence-corrected chi connectivity index (χ1v) is 12.8. The summed E-state index contributed by atoms with van der Waals surface area (Å²) in [6, 6.07) is 17.5. The summed E-state index contributed by atoms with van der Waals surface area (Å²) in [5.41, 5.74) is 4.30. The molecule has 0 bridgehead atoms. The first kappa shape index (κ1) is 22.6. The summed E-state index contributed by atoms with van der Waals surface area (Å²) in [4.78, 5) is 11.9. The van der Waals surface area contributed by atoms with Gasteiger partial charge in [0.05, 0.1) is 24.8 Å². The van der Waals surface area contributed by atoms with Crippen LogP contribution in [0.25, 0.3) is 17.8 Å². The van der Waals surface area contributed by atoms with E-state index >= 15 is 0 Å². The van der Waals surface area contributed by atoms with Crippen molar-refractivity contribution >= 4 is 17.8 Å². The molecule has 7 heteroatoms. The highest BCUT2D eigenvalue weighted by Crippen LogP contribution is 2.38. The van der Waals surface area contributed by atoms with E-state index in [9.17, 15) is 0 Å². The van der Waals surface area contributed by atoms with E-state index in [1.807, 2.05) is 36.2 Å². The number of methoxy groups -OCH3 is 1. The van der Waals surface area contributed by atoms with E-state index in [1.165, 1.54) is 24.9 Å². The molecule has 0 N–H and O–H groups in total. The van der Waals surface area contributed by atoms with Crippen molar-refractivity contribution < 1.29 is 4.74 Å². The second-order valence-electron chi connectivity index (χ2n) is 9.73. The Balaban J connectivity index is 1.24. The number of ether oxygens (including phenoxy) is 1. The van der Waals surface area contributed by atoms with Gasteiger partial charge >= 0.3 is 0 Å². The highest BCUT2D eigenvalue weighted by molar-refractivity contribution is 5.69. The Morgan fingerprint density at radius 2 is 1.86 bits per heavy atom. The van der Waals surface area contributed by atoms with Crippen molar-refractivity contribution in [1.82, 2.24) is 24.3 Å². The zero-order valence-corrected chi connectivity index (χ0v) is 20.9. The van der Waals surface area contributed by atoms with Crippen LogP contribution >= 0.6 is 0 Å². The third-order valence-corrected chi connectivity index (χ3v) is 7.40. The fourth-order valence-electron chi connectivity index (χ4n) is 5.72. The monoisotopic (exact) mass is 480 g/mol. The van der Waals surface area contributed by atoms with Gasteiger partial charge in [0.2, 0.25) is 0 Å². The lowest BCUT2D eigenvalue weighted by Gasteiger charge is -2.34. The molecule has 1 fully saturated rings. The number of rotatable bonds is 6. The smallest absolute Gasteiger partial charge is 0.174 e. The first-order valence-electron chi connectivity index (χ1n) is 12.8. The minimum atomic E-state index is 0.411. The van der Waals surface area contributed by atoms with Gasteiger partial charge in [0.25, 0.3) is 0 Å². The summed E-state index contributed by atoms with van der Waals surface area (Å²) in [7, 11) is 1.70. The molecule has 0 spiro atoms.